The van der Waals surface area contributed by atoms with Crippen molar-refractivity contribution in [2.45, 2.75) is 26.3 Å². The molecule has 1 N–H and O–H groups in total. The van der Waals surface area contributed by atoms with Crippen LogP contribution in [0.1, 0.15) is 34.5 Å². The Morgan fingerprint density at radius 3 is 2.60 bits per heavy atom. The molecule has 1 atom stereocenters. The molecule has 3 rings (SSSR count). The Kier molecular flexibility index (Phi) is 6.46. The van der Waals surface area contributed by atoms with E-state index in [2.05, 4.69) is 17.4 Å². The van der Waals surface area contributed by atoms with Gasteiger partial charge in [-0.2, -0.15) is 0 Å². The summed E-state index contributed by atoms with van der Waals surface area (Å²) in [5, 5.41) is 6.24. The van der Waals surface area contributed by atoms with Gasteiger partial charge in [-0.25, -0.2) is 0 Å². The lowest BCUT2D eigenvalue weighted by molar-refractivity contribution is -0.116. The summed E-state index contributed by atoms with van der Waals surface area (Å²) in [6, 6.07) is 14.3. The summed E-state index contributed by atoms with van der Waals surface area (Å²) in [6.45, 7) is 4.04. The minimum atomic E-state index is -0.443. The lowest BCUT2D eigenvalue weighted by Gasteiger charge is -2.22. The maximum atomic E-state index is 12.8. The lowest BCUT2D eigenvalue weighted by Crippen LogP contribution is -2.32. The molecule has 2 amide bonds. The van der Waals surface area contributed by atoms with Crippen molar-refractivity contribution in [3.63, 3.8) is 0 Å². The minimum absolute atomic E-state index is 0.155. The number of aromatic nitrogens is 2. The molecule has 1 aromatic carbocycles. The third-order valence-corrected chi connectivity index (χ3v) is 4.70. The third-order valence-electron chi connectivity index (χ3n) is 4.70. The van der Waals surface area contributed by atoms with Gasteiger partial charge in [-0.05, 0) is 24.5 Å². The Morgan fingerprint density at radius 1 is 1.20 bits per heavy atom. The highest BCUT2D eigenvalue weighted by atomic mass is 16.5. The van der Waals surface area contributed by atoms with Crippen LogP contribution in [0.25, 0.3) is 0 Å². The van der Waals surface area contributed by atoms with Crippen molar-refractivity contribution in [1.82, 2.24) is 14.6 Å². The Balaban J connectivity index is 1.68. The first-order chi connectivity index (χ1) is 14.3. The van der Waals surface area contributed by atoms with Crippen molar-refractivity contribution in [3.8, 4) is 0 Å². The number of carbonyl (C=O) groups is 2. The van der Waals surface area contributed by atoms with Gasteiger partial charge in [0.15, 0.2) is 5.82 Å². The standard InChI is InChI=1S/C22H24N4O4/c1-15(17-7-5-4-6-8-17)12-25(3)22(29)18-9-10-21(28)26(13-18)14-20(27)23-19-11-16(2)30-24-19/h4-11,13,15H,12,14H2,1-3H3,(H,23,24,27). The van der Waals surface area contributed by atoms with Crippen molar-refractivity contribution in [3.05, 3.63) is 82.0 Å². The molecule has 3 aromatic rings. The van der Waals surface area contributed by atoms with Gasteiger partial charge >= 0.3 is 0 Å². The van der Waals surface area contributed by atoms with Gasteiger partial charge in [0, 0.05) is 31.9 Å². The van der Waals surface area contributed by atoms with E-state index in [0.29, 0.717) is 17.9 Å². The predicted molar refractivity (Wildman–Crippen MR) is 112 cm³/mol. The number of pyridine rings is 1. The highest BCUT2D eigenvalue weighted by molar-refractivity contribution is 5.94. The van der Waals surface area contributed by atoms with Crippen LogP contribution in [0.15, 0.2) is 64.0 Å². The minimum Gasteiger partial charge on any atom is -0.360 e. The number of rotatable bonds is 7. The summed E-state index contributed by atoms with van der Waals surface area (Å²) < 4.78 is 6.09. The maximum absolute atomic E-state index is 12.8. The second-order valence-electron chi connectivity index (χ2n) is 7.25. The summed E-state index contributed by atoms with van der Waals surface area (Å²) in [7, 11) is 1.72. The molecule has 8 nitrogen and oxygen atoms in total. The molecule has 0 saturated heterocycles. The van der Waals surface area contributed by atoms with Crippen LogP contribution < -0.4 is 10.9 Å². The average Bonchev–Trinajstić information content (AvgIpc) is 3.14. The molecular formula is C22H24N4O4. The molecule has 8 heteroatoms. The van der Waals surface area contributed by atoms with Crippen LogP contribution in [0.2, 0.25) is 0 Å². The normalized spacial score (nSPS) is 11.7. The summed E-state index contributed by atoms with van der Waals surface area (Å²) in [4.78, 5) is 38.8. The van der Waals surface area contributed by atoms with E-state index in [9.17, 15) is 14.4 Å². The fourth-order valence-electron chi connectivity index (χ4n) is 3.14. The van der Waals surface area contributed by atoms with Gasteiger partial charge in [0.2, 0.25) is 5.91 Å². The fraction of sp³-hybridized carbons (Fsp3) is 0.273. The number of amides is 2. The second-order valence-corrected chi connectivity index (χ2v) is 7.25. The molecule has 2 aromatic heterocycles. The highest BCUT2D eigenvalue weighted by Crippen LogP contribution is 2.16. The maximum Gasteiger partial charge on any atom is 0.255 e. The molecule has 0 fully saturated rings. The number of likely N-dealkylation sites (N-methyl/N-ethyl adjacent to an activating group) is 1. The zero-order chi connectivity index (χ0) is 21.7. The van der Waals surface area contributed by atoms with Gasteiger partial charge in [0.05, 0.1) is 5.56 Å². The first kappa shape index (κ1) is 21.0. The summed E-state index contributed by atoms with van der Waals surface area (Å²) in [5.41, 5.74) is 1.10. The van der Waals surface area contributed by atoms with E-state index < -0.39 is 5.91 Å². The zero-order valence-electron chi connectivity index (χ0n) is 17.2. The first-order valence-electron chi connectivity index (χ1n) is 9.57. The van der Waals surface area contributed by atoms with Crippen LogP contribution in [-0.2, 0) is 11.3 Å². The Labute approximate surface area is 174 Å². The number of anilines is 1. The number of benzene rings is 1. The first-order valence-corrected chi connectivity index (χ1v) is 9.57. The molecule has 1 unspecified atom stereocenters. The van der Waals surface area contributed by atoms with Crippen molar-refractivity contribution in [2.75, 3.05) is 18.9 Å². The van der Waals surface area contributed by atoms with Gasteiger partial charge < -0.3 is 19.3 Å². The van der Waals surface area contributed by atoms with Crippen LogP contribution >= 0.6 is 0 Å². The zero-order valence-corrected chi connectivity index (χ0v) is 17.2. The third kappa shape index (κ3) is 5.22. The molecule has 2 heterocycles. The predicted octanol–water partition coefficient (Wildman–Crippen LogP) is 2.66. The van der Waals surface area contributed by atoms with E-state index in [0.717, 1.165) is 5.56 Å². The van der Waals surface area contributed by atoms with Gasteiger partial charge in [0.25, 0.3) is 11.5 Å². The lowest BCUT2D eigenvalue weighted by atomic mass is 10.0. The molecule has 0 aliphatic rings. The van der Waals surface area contributed by atoms with E-state index in [1.165, 1.54) is 22.9 Å². The van der Waals surface area contributed by atoms with E-state index >= 15 is 0 Å². The molecule has 0 bridgehead atoms. The second kappa shape index (κ2) is 9.21. The summed E-state index contributed by atoms with van der Waals surface area (Å²) in [5.74, 6) is 0.318. The van der Waals surface area contributed by atoms with Gasteiger partial charge in [-0.3, -0.25) is 14.4 Å². The number of hydrogen-bond donors (Lipinski definition) is 1. The van der Waals surface area contributed by atoms with Crippen LogP contribution in [0.4, 0.5) is 5.82 Å². The average molecular weight is 408 g/mol. The number of hydrogen-bond acceptors (Lipinski definition) is 5. The van der Waals surface area contributed by atoms with E-state index in [4.69, 9.17) is 4.52 Å². The number of aryl methyl sites for hydroxylation is 1. The van der Waals surface area contributed by atoms with Crippen molar-refractivity contribution in [2.24, 2.45) is 0 Å². The molecule has 0 spiro atoms. The Morgan fingerprint density at radius 2 is 1.93 bits per heavy atom. The Hall–Kier alpha value is -3.68. The highest BCUT2D eigenvalue weighted by Gasteiger charge is 2.17. The molecular weight excluding hydrogens is 384 g/mol. The number of nitrogens with one attached hydrogen (secondary N) is 1. The Bertz CT molecular complexity index is 1090. The van der Waals surface area contributed by atoms with E-state index in [1.807, 2.05) is 30.3 Å². The molecule has 156 valence electrons. The molecule has 0 saturated carbocycles. The fourth-order valence-corrected chi connectivity index (χ4v) is 3.14. The quantitative estimate of drug-likeness (QED) is 0.648. The van der Waals surface area contributed by atoms with Crippen molar-refractivity contribution < 1.29 is 14.1 Å². The number of nitrogens with zero attached hydrogens (tertiary/aromatic N) is 3. The largest absolute Gasteiger partial charge is 0.360 e. The monoisotopic (exact) mass is 408 g/mol. The SMILES string of the molecule is Cc1cc(NC(=O)Cn2cc(C(=O)N(C)CC(C)c3ccccc3)ccc2=O)no1. The topological polar surface area (TPSA) is 97.4 Å². The summed E-state index contributed by atoms with van der Waals surface area (Å²) in [6.07, 6.45) is 1.40. The van der Waals surface area contributed by atoms with Crippen molar-refractivity contribution in [1.29, 1.82) is 0 Å². The van der Waals surface area contributed by atoms with Gasteiger partial charge in [0.1, 0.15) is 12.3 Å². The van der Waals surface area contributed by atoms with Gasteiger partial charge in [-0.1, -0.05) is 42.4 Å². The molecule has 30 heavy (non-hydrogen) atoms. The van der Waals surface area contributed by atoms with Crippen LogP contribution in [-0.4, -0.2) is 40.0 Å². The van der Waals surface area contributed by atoms with Crippen molar-refractivity contribution >= 4 is 17.6 Å². The molecule has 0 aliphatic heterocycles. The number of carbonyl (C=O) groups excluding carboxylic acids is 2. The van der Waals surface area contributed by atoms with Crippen LogP contribution in [0.5, 0.6) is 0 Å². The molecule has 0 radical (unpaired) electrons. The van der Waals surface area contributed by atoms with Gasteiger partial charge in [-0.15, -0.1) is 0 Å². The van der Waals surface area contributed by atoms with E-state index in [1.54, 1.807) is 24.9 Å². The van der Waals surface area contributed by atoms with Crippen LogP contribution in [0, 0.1) is 6.92 Å². The smallest absolute Gasteiger partial charge is 0.255 e. The van der Waals surface area contributed by atoms with Crippen LogP contribution in [0.3, 0.4) is 0 Å². The summed E-state index contributed by atoms with van der Waals surface area (Å²) >= 11 is 0. The molecule has 0 aliphatic carbocycles. The van der Waals surface area contributed by atoms with E-state index in [-0.39, 0.29) is 29.7 Å².